The molecule has 0 fully saturated rings. The van der Waals surface area contributed by atoms with Crippen molar-refractivity contribution in [3.63, 3.8) is 0 Å². The highest BCUT2D eigenvalue weighted by Gasteiger charge is 2.20. The van der Waals surface area contributed by atoms with E-state index in [1.165, 1.54) is 82.9 Å². The second-order valence-corrected chi connectivity index (χ2v) is 13.3. The van der Waals surface area contributed by atoms with Crippen molar-refractivity contribution in [2.24, 2.45) is 0 Å². The van der Waals surface area contributed by atoms with Gasteiger partial charge in [0.2, 0.25) is 0 Å². The Labute approximate surface area is 292 Å². The van der Waals surface area contributed by atoms with Gasteiger partial charge in [0.1, 0.15) is 0 Å². The Kier molecular flexibility index (Phi) is 6.67. The van der Waals surface area contributed by atoms with Gasteiger partial charge in [0.25, 0.3) is 0 Å². The third kappa shape index (κ3) is 4.72. The molecule has 9 aromatic rings. The Balaban J connectivity index is 0.983. The van der Waals surface area contributed by atoms with Crippen LogP contribution in [-0.2, 0) is 6.42 Å². The van der Waals surface area contributed by atoms with Crippen LogP contribution in [0.25, 0.3) is 71.6 Å². The van der Waals surface area contributed by atoms with Gasteiger partial charge in [-0.1, -0.05) is 140 Å². The molecular weight excluding hydrogens is 605 g/mol. The zero-order chi connectivity index (χ0) is 33.0. The molecule has 1 aliphatic rings. The molecule has 0 bridgehead atoms. The summed E-state index contributed by atoms with van der Waals surface area (Å²) in [6, 6.07) is 66.6. The van der Waals surface area contributed by atoms with Gasteiger partial charge in [0.15, 0.2) is 0 Å². The van der Waals surface area contributed by atoms with Crippen LogP contribution in [0.5, 0.6) is 0 Å². The fourth-order valence-electron chi connectivity index (χ4n) is 7.96. The van der Waals surface area contributed by atoms with Crippen LogP contribution in [0.2, 0.25) is 0 Å². The average molecular weight is 639 g/mol. The molecule has 2 heterocycles. The number of aromatic nitrogens is 1. The molecule has 8 aromatic carbocycles. The number of fused-ring (bicyclic) bond motifs is 6. The zero-order valence-electron chi connectivity index (χ0n) is 27.6. The highest BCUT2D eigenvalue weighted by Crippen LogP contribution is 2.39. The van der Waals surface area contributed by atoms with Crippen LogP contribution in [0.3, 0.4) is 0 Å². The molecule has 10 rings (SSSR count). The number of benzene rings is 8. The second-order valence-electron chi connectivity index (χ2n) is 13.3. The summed E-state index contributed by atoms with van der Waals surface area (Å²) in [5.74, 6) is 0. The lowest BCUT2D eigenvalue weighted by molar-refractivity contribution is 0.998. The van der Waals surface area contributed by atoms with E-state index < -0.39 is 0 Å². The van der Waals surface area contributed by atoms with Crippen molar-refractivity contribution >= 4 is 44.0 Å². The molecule has 1 aromatic heterocycles. The van der Waals surface area contributed by atoms with Crippen LogP contribution in [0, 0.1) is 0 Å². The second kappa shape index (κ2) is 11.6. The molecule has 2 heteroatoms. The highest BCUT2D eigenvalue weighted by molar-refractivity contribution is 6.19. The Bertz CT molecular complexity index is 2670. The molecule has 1 aliphatic heterocycles. The van der Waals surface area contributed by atoms with Gasteiger partial charge in [0.05, 0.1) is 11.0 Å². The summed E-state index contributed by atoms with van der Waals surface area (Å²) in [6.45, 7) is 1.04. The maximum absolute atomic E-state index is 2.44. The summed E-state index contributed by atoms with van der Waals surface area (Å²) >= 11 is 0. The van der Waals surface area contributed by atoms with Gasteiger partial charge in [-0.2, -0.15) is 0 Å². The van der Waals surface area contributed by atoms with E-state index >= 15 is 0 Å². The van der Waals surface area contributed by atoms with Crippen LogP contribution in [0.4, 0.5) is 11.4 Å². The highest BCUT2D eigenvalue weighted by atomic mass is 15.2. The molecule has 50 heavy (non-hydrogen) atoms. The summed E-state index contributed by atoms with van der Waals surface area (Å²) in [5.41, 5.74) is 15.0. The monoisotopic (exact) mass is 638 g/mol. The molecule has 0 aliphatic carbocycles. The normalized spacial score (nSPS) is 12.6. The molecule has 0 N–H and O–H groups in total. The van der Waals surface area contributed by atoms with Gasteiger partial charge < -0.3 is 9.47 Å². The molecule has 0 spiro atoms. The smallest absolute Gasteiger partial charge is 0.0619 e. The fraction of sp³-hybridized carbons (Fsp3) is 0.0417. The van der Waals surface area contributed by atoms with E-state index in [-0.39, 0.29) is 0 Å². The zero-order valence-corrected chi connectivity index (χ0v) is 27.6. The Morgan fingerprint density at radius 1 is 0.380 bits per heavy atom. The van der Waals surface area contributed by atoms with Gasteiger partial charge in [-0.05, 0) is 93.2 Å². The van der Waals surface area contributed by atoms with E-state index in [1.807, 2.05) is 0 Å². The molecule has 0 unspecified atom stereocenters. The van der Waals surface area contributed by atoms with E-state index in [9.17, 15) is 0 Å². The number of para-hydroxylation sites is 1. The predicted molar refractivity (Wildman–Crippen MR) is 212 cm³/mol. The largest absolute Gasteiger partial charge is 0.341 e. The number of hydrogen-bond donors (Lipinski definition) is 0. The first kappa shape index (κ1) is 28.6. The molecule has 0 radical (unpaired) electrons. The van der Waals surface area contributed by atoms with Crippen molar-refractivity contribution in [1.29, 1.82) is 0 Å². The summed E-state index contributed by atoms with van der Waals surface area (Å²) in [6.07, 6.45) is 1.10. The van der Waals surface area contributed by atoms with Crippen LogP contribution in [0.15, 0.2) is 182 Å². The lowest BCUT2D eigenvalue weighted by atomic mass is 10.00. The number of hydrogen-bond acceptors (Lipinski definition) is 1. The van der Waals surface area contributed by atoms with Gasteiger partial charge >= 0.3 is 0 Å². The summed E-state index contributed by atoms with van der Waals surface area (Å²) in [5, 5.41) is 5.06. The Hall–Kier alpha value is -6.38. The third-order valence-corrected chi connectivity index (χ3v) is 10.5. The molecule has 0 atom stereocenters. The van der Waals surface area contributed by atoms with Gasteiger partial charge in [0, 0.05) is 39.8 Å². The molecule has 0 saturated carbocycles. The third-order valence-electron chi connectivity index (χ3n) is 10.5. The van der Waals surface area contributed by atoms with Crippen LogP contribution >= 0.6 is 0 Å². The van der Waals surface area contributed by atoms with Crippen molar-refractivity contribution in [3.8, 4) is 39.1 Å². The van der Waals surface area contributed by atoms with Crippen LogP contribution in [-0.4, -0.2) is 11.1 Å². The average Bonchev–Trinajstić information content (AvgIpc) is 3.78. The Morgan fingerprint density at radius 3 is 1.70 bits per heavy atom. The fourth-order valence-corrected chi connectivity index (χ4v) is 7.96. The van der Waals surface area contributed by atoms with Gasteiger partial charge in [-0.25, -0.2) is 0 Å². The van der Waals surface area contributed by atoms with Crippen molar-refractivity contribution in [3.05, 3.63) is 188 Å². The minimum Gasteiger partial charge on any atom is -0.341 e. The van der Waals surface area contributed by atoms with Crippen molar-refractivity contribution in [2.45, 2.75) is 6.42 Å². The van der Waals surface area contributed by atoms with E-state index in [0.29, 0.717) is 0 Å². The first-order chi connectivity index (χ1) is 24.8. The molecule has 2 nitrogen and oxygen atoms in total. The van der Waals surface area contributed by atoms with Crippen LogP contribution in [0.1, 0.15) is 5.56 Å². The minimum absolute atomic E-state index is 1.04. The standard InChI is InChI=1S/C48H34N2/c1-2-8-33(9-3-1)40-23-29-47-45(32-40)44-28-22-38-10-4-6-12-43(38)48(44)50(47)42-26-20-37(21-27-42)35-16-14-34(15-17-35)36-18-24-41(25-19-36)49-31-30-39-11-5-7-13-46(39)49/h1-29,32H,30-31H2. The summed E-state index contributed by atoms with van der Waals surface area (Å²) in [4.78, 5) is 2.43. The SMILES string of the molecule is c1ccc(-c2ccc3c(c2)c2ccc4ccccc4c2n3-c2ccc(-c3ccc(-c4ccc(N5CCc6ccccc65)cc4)cc3)cc2)cc1. The number of nitrogens with zero attached hydrogens (tertiary/aromatic N) is 2. The lowest BCUT2D eigenvalue weighted by Crippen LogP contribution is -2.12. The Morgan fingerprint density at radius 2 is 0.960 bits per heavy atom. The summed E-state index contributed by atoms with van der Waals surface area (Å²) in [7, 11) is 0. The maximum Gasteiger partial charge on any atom is 0.0619 e. The van der Waals surface area contributed by atoms with E-state index in [1.54, 1.807) is 0 Å². The van der Waals surface area contributed by atoms with Crippen LogP contribution < -0.4 is 4.90 Å². The topological polar surface area (TPSA) is 8.17 Å². The lowest BCUT2D eigenvalue weighted by Gasteiger charge is -2.20. The quantitative estimate of drug-likeness (QED) is 0.182. The first-order valence-corrected chi connectivity index (χ1v) is 17.5. The minimum atomic E-state index is 1.04. The van der Waals surface area contributed by atoms with Gasteiger partial charge in [-0.3, -0.25) is 0 Å². The molecular formula is C48H34N2. The number of rotatable bonds is 5. The first-order valence-electron chi connectivity index (χ1n) is 17.5. The van der Waals surface area contributed by atoms with Crippen molar-refractivity contribution in [1.82, 2.24) is 4.57 Å². The molecule has 236 valence electrons. The molecule has 0 amide bonds. The van der Waals surface area contributed by atoms with E-state index in [0.717, 1.165) is 18.7 Å². The number of anilines is 2. The van der Waals surface area contributed by atoms with Crippen molar-refractivity contribution < 1.29 is 0 Å². The summed E-state index contributed by atoms with van der Waals surface area (Å²) < 4.78 is 2.44. The molecule has 0 saturated heterocycles. The van der Waals surface area contributed by atoms with E-state index in [4.69, 9.17) is 0 Å². The predicted octanol–water partition coefficient (Wildman–Crippen LogP) is 12.6. The van der Waals surface area contributed by atoms with E-state index in [2.05, 4.69) is 191 Å². The van der Waals surface area contributed by atoms with Gasteiger partial charge in [-0.15, -0.1) is 0 Å². The van der Waals surface area contributed by atoms with Crippen molar-refractivity contribution in [2.75, 3.05) is 11.4 Å². The maximum atomic E-state index is 2.44.